The van der Waals surface area contributed by atoms with Crippen LogP contribution < -0.4 is 4.74 Å². The summed E-state index contributed by atoms with van der Waals surface area (Å²) in [5.74, 6) is 0.222. The highest BCUT2D eigenvalue weighted by atomic mass is 32.1. The molecule has 0 radical (unpaired) electrons. The number of aliphatic carboxylic acids is 1. The number of aromatic nitrogens is 1. The molecule has 0 amide bonds. The van der Waals surface area contributed by atoms with Gasteiger partial charge < -0.3 is 14.7 Å². The fourth-order valence-electron chi connectivity index (χ4n) is 5.36. The summed E-state index contributed by atoms with van der Waals surface area (Å²) in [6.45, 7) is 2.76. The summed E-state index contributed by atoms with van der Waals surface area (Å²) in [6, 6.07) is 9.46. The summed E-state index contributed by atoms with van der Waals surface area (Å²) in [5, 5.41) is 14.6. The van der Waals surface area contributed by atoms with E-state index in [9.17, 15) is 9.90 Å². The topological polar surface area (TPSA) is 62.7 Å². The molecule has 0 saturated carbocycles. The number of carbonyl (C=O) groups is 1. The van der Waals surface area contributed by atoms with E-state index in [1.54, 1.807) is 30.7 Å². The lowest BCUT2D eigenvalue weighted by Gasteiger charge is -2.38. The molecule has 0 bridgehead atoms. The van der Waals surface area contributed by atoms with Gasteiger partial charge in [-0.15, -0.1) is 0 Å². The lowest BCUT2D eigenvalue weighted by atomic mass is 9.79. The zero-order valence-electron chi connectivity index (χ0n) is 20.4. The molecule has 0 aliphatic carbocycles. The van der Waals surface area contributed by atoms with Crippen molar-refractivity contribution in [3.63, 3.8) is 0 Å². The summed E-state index contributed by atoms with van der Waals surface area (Å²) in [5.41, 5.74) is 2.78. The Balaban J connectivity index is 1.32. The van der Waals surface area contributed by atoms with Crippen molar-refractivity contribution in [1.82, 2.24) is 9.88 Å². The highest BCUT2D eigenvalue weighted by Crippen LogP contribution is 2.36. The van der Waals surface area contributed by atoms with Crippen LogP contribution >= 0.6 is 11.3 Å². The number of piperidine rings is 1. The second-order valence-corrected chi connectivity index (χ2v) is 10.4. The molecule has 3 aromatic rings. The van der Waals surface area contributed by atoms with E-state index in [1.807, 2.05) is 18.2 Å². The Morgan fingerprint density at radius 3 is 2.94 bits per heavy atom. The van der Waals surface area contributed by atoms with Crippen LogP contribution in [0.2, 0.25) is 0 Å². The van der Waals surface area contributed by atoms with Crippen LogP contribution in [0.25, 0.3) is 10.9 Å². The zero-order valence-corrected chi connectivity index (χ0v) is 21.2. The minimum absolute atomic E-state index is 0.0691. The number of halogens is 1. The van der Waals surface area contributed by atoms with Gasteiger partial charge in [0.05, 0.1) is 12.6 Å². The molecule has 188 valence electrons. The molecule has 0 unspecified atom stereocenters. The summed E-state index contributed by atoms with van der Waals surface area (Å²) >= 11 is 1.74. The predicted octanol–water partition coefficient (Wildman–Crippen LogP) is 6.53. The molecule has 0 spiro atoms. The van der Waals surface area contributed by atoms with Crippen molar-refractivity contribution in [2.75, 3.05) is 26.7 Å². The van der Waals surface area contributed by atoms with Gasteiger partial charge in [-0.1, -0.05) is 0 Å². The van der Waals surface area contributed by atoms with E-state index >= 15 is 4.39 Å². The van der Waals surface area contributed by atoms with E-state index in [0.29, 0.717) is 24.2 Å². The van der Waals surface area contributed by atoms with E-state index in [2.05, 4.69) is 26.7 Å². The van der Waals surface area contributed by atoms with Gasteiger partial charge in [0.1, 0.15) is 11.9 Å². The number of nitrogens with zero attached hydrogens (tertiary/aromatic N) is 2. The quantitative estimate of drug-likeness (QED) is 0.288. The van der Waals surface area contributed by atoms with E-state index in [4.69, 9.17) is 4.74 Å². The van der Waals surface area contributed by atoms with E-state index in [1.165, 1.54) is 5.56 Å². The highest BCUT2D eigenvalue weighted by Gasteiger charge is 2.31. The number of methoxy groups -OCH3 is 1. The number of hydrogen-bond acceptors (Lipinski definition) is 5. The first-order valence-electron chi connectivity index (χ1n) is 12.6. The van der Waals surface area contributed by atoms with Gasteiger partial charge in [0, 0.05) is 24.5 Å². The second kappa shape index (κ2) is 12.5. The largest absolute Gasteiger partial charge is 0.497 e. The summed E-state index contributed by atoms with van der Waals surface area (Å²) in [4.78, 5) is 18.3. The molecular formula is C28H35FN2O3S. The Kier molecular flexibility index (Phi) is 9.10. The Labute approximate surface area is 210 Å². The Morgan fingerprint density at radius 2 is 2.17 bits per heavy atom. The Hall–Kier alpha value is -2.51. The maximum absolute atomic E-state index is 15.4. The summed E-state index contributed by atoms with van der Waals surface area (Å²) in [7, 11) is 1.60. The first-order chi connectivity index (χ1) is 17.0. The van der Waals surface area contributed by atoms with E-state index < -0.39 is 12.1 Å². The van der Waals surface area contributed by atoms with Crippen molar-refractivity contribution >= 4 is 28.2 Å². The van der Waals surface area contributed by atoms with Gasteiger partial charge >= 0.3 is 5.97 Å². The standard InChI is InChI=1S/C28H35FN2O3S/c1-34-23-6-8-27-25(17-23)24(9-12-30-27)26(29)7-5-21-10-14-31(18-22(21)16-28(32)33)13-3-2-4-20-11-15-35-19-20/h6,8-9,11-12,15,17,19,21-22,26H,2-5,7,10,13-14,16,18H2,1H3,(H,32,33)/t21-,22+,26-/m1/s1. The van der Waals surface area contributed by atoms with Gasteiger partial charge in [0.15, 0.2) is 0 Å². The van der Waals surface area contributed by atoms with Crippen LogP contribution in [0.3, 0.4) is 0 Å². The highest BCUT2D eigenvalue weighted by molar-refractivity contribution is 7.07. The fraction of sp³-hybridized carbons (Fsp3) is 0.500. The van der Waals surface area contributed by atoms with Crippen molar-refractivity contribution in [3.05, 3.63) is 58.4 Å². The molecule has 3 atom stereocenters. The molecule has 5 nitrogen and oxygen atoms in total. The number of fused-ring (bicyclic) bond motifs is 1. The normalized spacial score (nSPS) is 19.6. The average molecular weight is 499 g/mol. The van der Waals surface area contributed by atoms with Gasteiger partial charge in [-0.25, -0.2) is 4.39 Å². The maximum Gasteiger partial charge on any atom is 0.303 e. The molecular weight excluding hydrogens is 463 g/mol. The molecule has 1 aliphatic heterocycles. The molecule has 35 heavy (non-hydrogen) atoms. The Bertz CT molecular complexity index is 1090. The van der Waals surface area contributed by atoms with Crippen LogP contribution in [-0.4, -0.2) is 47.7 Å². The number of carboxylic acid groups (broad SMARTS) is 1. The van der Waals surface area contributed by atoms with Gasteiger partial charge in [-0.2, -0.15) is 11.3 Å². The summed E-state index contributed by atoms with van der Waals surface area (Å²) < 4.78 is 20.8. The molecule has 1 aromatic carbocycles. The van der Waals surface area contributed by atoms with Crippen molar-refractivity contribution in [3.8, 4) is 5.75 Å². The molecule has 1 saturated heterocycles. The monoisotopic (exact) mass is 498 g/mol. The molecule has 3 heterocycles. The number of aryl methyl sites for hydroxylation is 1. The minimum Gasteiger partial charge on any atom is -0.497 e. The molecule has 7 heteroatoms. The zero-order chi connectivity index (χ0) is 24.6. The SMILES string of the molecule is COc1ccc2nccc([C@H](F)CC[C@@H]3CCN(CCCCc4ccsc4)C[C@@H]3CC(=O)O)c2c1. The fourth-order valence-corrected chi connectivity index (χ4v) is 6.06. The third kappa shape index (κ3) is 7.01. The van der Waals surface area contributed by atoms with Crippen molar-refractivity contribution in [2.24, 2.45) is 11.8 Å². The van der Waals surface area contributed by atoms with Crippen molar-refractivity contribution in [1.29, 1.82) is 0 Å². The number of pyridine rings is 1. The number of rotatable bonds is 12. The van der Waals surface area contributed by atoms with Gasteiger partial charge in [-0.3, -0.25) is 9.78 Å². The molecule has 1 fully saturated rings. The first kappa shape index (κ1) is 25.6. The molecule has 4 rings (SSSR count). The smallest absolute Gasteiger partial charge is 0.303 e. The van der Waals surface area contributed by atoms with Crippen molar-refractivity contribution < 1.29 is 19.0 Å². The van der Waals surface area contributed by atoms with E-state index in [-0.39, 0.29) is 18.3 Å². The van der Waals surface area contributed by atoms with Gasteiger partial charge in [0.2, 0.25) is 0 Å². The van der Waals surface area contributed by atoms with E-state index in [0.717, 1.165) is 56.2 Å². The van der Waals surface area contributed by atoms with Crippen molar-refractivity contribution in [2.45, 2.75) is 51.1 Å². The number of carboxylic acids is 1. The third-order valence-corrected chi connectivity index (χ3v) is 8.03. The number of thiophene rings is 1. The number of hydrogen-bond donors (Lipinski definition) is 1. The van der Waals surface area contributed by atoms with Crippen LogP contribution in [-0.2, 0) is 11.2 Å². The van der Waals surface area contributed by atoms with Crippen LogP contribution in [0.5, 0.6) is 5.75 Å². The van der Waals surface area contributed by atoms with Crippen LogP contribution in [0.4, 0.5) is 4.39 Å². The number of alkyl halides is 1. The average Bonchev–Trinajstić information content (AvgIpc) is 3.38. The minimum atomic E-state index is -1.12. The number of ether oxygens (including phenoxy) is 1. The predicted molar refractivity (Wildman–Crippen MR) is 139 cm³/mol. The summed E-state index contributed by atoms with van der Waals surface area (Å²) in [6.07, 6.45) is 6.07. The number of benzene rings is 1. The lowest BCUT2D eigenvalue weighted by Crippen LogP contribution is -2.41. The first-order valence-corrected chi connectivity index (χ1v) is 13.5. The second-order valence-electron chi connectivity index (χ2n) is 9.62. The number of likely N-dealkylation sites (tertiary alicyclic amines) is 1. The van der Waals surface area contributed by atoms with Gasteiger partial charge in [0.25, 0.3) is 0 Å². The number of unbranched alkanes of at least 4 members (excludes halogenated alkanes) is 1. The lowest BCUT2D eigenvalue weighted by molar-refractivity contribution is -0.139. The van der Waals surface area contributed by atoms with Crippen LogP contribution in [0, 0.1) is 11.8 Å². The van der Waals surface area contributed by atoms with Gasteiger partial charge in [-0.05, 0) is 116 Å². The molecule has 2 aromatic heterocycles. The molecule has 1 N–H and O–H groups in total. The Morgan fingerprint density at radius 1 is 1.29 bits per heavy atom. The third-order valence-electron chi connectivity index (χ3n) is 7.29. The molecule has 1 aliphatic rings. The van der Waals surface area contributed by atoms with Crippen LogP contribution in [0.1, 0.15) is 55.8 Å². The maximum atomic E-state index is 15.4. The van der Waals surface area contributed by atoms with Crippen LogP contribution in [0.15, 0.2) is 47.3 Å².